The molecule has 1 N–H and O–H groups in total. The van der Waals surface area contributed by atoms with Gasteiger partial charge in [-0.3, -0.25) is 9.88 Å². The molecular formula is C17H24Cl2N2O2. The summed E-state index contributed by atoms with van der Waals surface area (Å²) >= 11 is 12.5. The van der Waals surface area contributed by atoms with Crippen LogP contribution in [0.25, 0.3) is 0 Å². The molecule has 0 radical (unpaired) electrons. The van der Waals surface area contributed by atoms with E-state index in [1.54, 1.807) is 12.4 Å². The van der Waals surface area contributed by atoms with Crippen LogP contribution in [0.4, 0.5) is 0 Å². The van der Waals surface area contributed by atoms with Gasteiger partial charge in [0.2, 0.25) is 0 Å². The molecule has 1 aromatic heterocycles. The first kappa shape index (κ1) is 17.4. The van der Waals surface area contributed by atoms with Crippen molar-refractivity contribution in [1.29, 1.82) is 0 Å². The monoisotopic (exact) mass is 358 g/mol. The number of rotatable bonds is 3. The SMILES string of the molecule is C[C@@H]1CN(Cc2c(Cl)cncc2Cl)CC[C@@]1(O)C1CCOCC1. The summed E-state index contributed by atoms with van der Waals surface area (Å²) in [6, 6.07) is 0. The smallest absolute Gasteiger partial charge is 0.0727 e. The fourth-order valence-electron chi connectivity index (χ4n) is 3.98. The van der Waals surface area contributed by atoms with Crippen LogP contribution in [-0.2, 0) is 11.3 Å². The summed E-state index contributed by atoms with van der Waals surface area (Å²) in [4.78, 5) is 6.33. The van der Waals surface area contributed by atoms with Gasteiger partial charge in [-0.2, -0.15) is 0 Å². The van der Waals surface area contributed by atoms with Crippen molar-refractivity contribution in [3.05, 3.63) is 28.0 Å². The van der Waals surface area contributed by atoms with Crippen LogP contribution in [0.1, 0.15) is 31.7 Å². The zero-order valence-corrected chi connectivity index (χ0v) is 15.0. The quantitative estimate of drug-likeness (QED) is 0.899. The average Bonchev–Trinajstić information content (AvgIpc) is 2.55. The Labute approximate surface area is 147 Å². The molecule has 2 saturated heterocycles. The van der Waals surface area contributed by atoms with Crippen LogP contribution < -0.4 is 0 Å². The maximum atomic E-state index is 11.2. The zero-order chi connectivity index (χ0) is 16.4. The summed E-state index contributed by atoms with van der Waals surface area (Å²) in [5.41, 5.74) is 0.346. The minimum Gasteiger partial charge on any atom is -0.389 e. The summed E-state index contributed by atoms with van der Waals surface area (Å²) < 4.78 is 5.44. The van der Waals surface area contributed by atoms with Gasteiger partial charge >= 0.3 is 0 Å². The molecule has 23 heavy (non-hydrogen) atoms. The molecule has 2 fully saturated rings. The lowest BCUT2D eigenvalue weighted by Crippen LogP contribution is -2.55. The van der Waals surface area contributed by atoms with Gasteiger partial charge in [0.25, 0.3) is 0 Å². The first-order valence-corrected chi connectivity index (χ1v) is 9.06. The van der Waals surface area contributed by atoms with Crippen LogP contribution >= 0.6 is 23.2 Å². The predicted octanol–water partition coefficient (Wildman–Crippen LogP) is 3.39. The van der Waals surface area contributed by atoms with E-state index in [1.165, 1.54) is 0 Å². The lowest BCUT2D eigenvalue weighted by Gasteiger charge is -2.48. The van der Waals surface area contributed by atoms with E-state index in [2.05, 4.69) is 16.8 Å². The van der Waals surface area contributed by atoms with E-state index in [4.69, 9.17) is 27.9 Å². The molecule has 1 aromatic rings. The number of likely N-dealkylation sites (tertiary alicyclic amines) is 1. The molecule has 2 aliphatic rings. The van der Waals surface area contributed by atoms with Crippen molar-refractivity contribution in [2.45, 2.75) is 38.3 Å². The molecule has 4 nitrogen and oxygen atoms in total. The van der Waals surface area contributed by atoms with E-state index >= 15 is 0 Å². The molecule has 2 atom stereocenters. The summed E-state index contributed by atoms with van der Waals surface area (Å²) in [6.07, 6.45) is 5.98. The van der Waals surface area contributed by atoms with Crippen molar-refractivity contribution < 1.29 is 9.84 Å². The zero-order valence-electron chi connectivity index (χ0n) is 13.5. The summed E-state index contributed by atoms with van der Waals surface area (Å²) in [5, 5.41) is 12.4. The number of hydrogen-bond acceptors (Lipinski definition) is 4. The van der Waals surface area contributed by atoms with E-state index in [0.29, 0.717) is 22.5 Å². The molecule has 2 aliphatic heterocycles. The van der Waals surface area contributed by atoms with Gasteiger partial charge < -0.3 is 9.84 Å². The fraction of sp³-hybridized carbons (Fsp3) is 0.706. The van der Waals surface area contributed by atoms with Crippen LogP contribution in [0.3, 0.4) is 0 Å². The van der Waals surface area contributed by atoms with Crippen molar-refractivity contribution in [2.75, 3.05) is 26.3 Å². The van der Waals surface area contributed by atoms with Gasteiger partial charge in [-0.25, -0.2) is 0 Å². The Kier molecular flexibility index (Phi) is 5.49. The summed E-state index contributed by atoms with van der Waals surface area (Å²) in [7, 11) is 0. The van der Waals surface area contributed by atoms with Crippen LogP contribution in [0.15, 0.2) is 12.4 Å². The number of hydrogen-bond donors (Lipinski definition) is 1. The highest BCUT2D eigenvalue weighted by molar-refractivity contribution is 6.35. The molecule has 0 spiro atoms. The van der Waals surface area contributed by atoms with Crippen molar-refractivity contribution >= 4 is 23.2 Å². The second-order valence-corrected chi connectivity index (χ2v) is 7.66. The van der Waals surface area contributed by atoms with Gasteiger partial charge in [0, 0.05) is 50.8 Å². The number of ether oxygens (including phenoxy) is 1. The number of halogens is 2. The van der Waals surface area contributed by atoms with Gasteiger partial charge in [0.05, 0.1) is 15.6 Å². The molecule has 3 heterocycles. The lowest BCUT2D eigenvalue weighted by molar-refractivity contribution is -0.131. The normalized spacial score (nSPS) is 30.5. The molecular weight excluding hydrogens is 335 g/mol. The highest BCUT2D eigenvalue weighted by Gasteiger charge is 2.45. The molecule has 0 amide bonds. The van der Waals surface area contributed by atoms with Gasteiger partial charge in [0.15, 0.2) is 0 Å². The first-order chi connectivity index (χ1) is 11.0. The van der Waals surface area contributed by atoms with E-state index in [0.717, 1.165) is 51.1 Å². The Morgan fingerprint density at radius 1 is 1.30 bits per heavy atom. The fourth-order valence-corrected chi connectivity index (χ4v) is 4.46. The van der Waals surface area contributed by atoms with E-state index in [1.807, 2.05) is 0 Å². The molecule has 3 rings (SSSR count). The standard InChI is InChI=1S/C17H24Cl2N2O2/c1-12-10-21(11-14-15(18)8-20-9-16(14)19)5-4-17(12,22)13-2-6-23-7-3-13/h8-9,12-13,22H,2-7,10-11H2,1H3/t12-,17+/m1/s1. The van der Waals surface area contributed by atoms with Crippen molar-refractivity contribution in [2.24, 2.45) is 11.8 Å². The summed E-state index contributed by atoms with van der Waals surface area (Å²) in [5.74, 6) is 0.570. The third-order valence-corrected chi connectivity index (χ3v) is 6.13. The Bertz CT molecular complexity index is 531. The number of aromatic nitrogens is 1. The molecule has 0 unspecified atom stereocenters. The average molecular weight is 359 g/mol. The van der Waals surface area contributed by atoms with Gasteiger partial charge in [-0.05, 0) is 31.1 Å². The molecule has 0 aliphatic carbocycles. The van der Waals surface area contributed by atoms with Crippen molar-refractivity contribution in [3.8, 4) is 0 Å². The molecule has 0 bridgehead atoms. The van der Waals surface area contributed by atoms with E-state index in [9.17, 15) is 5.11 Å². The van der Waals surface area contributed by atoms with Crippen LogP contribution in [-0.4, -0.2) is 46.9 Å². The predicted molar refractivity (Wildman–Crippen MR) is 91.8 cm³/mol. The van der Waals surface area contributed by atoms with Crippen molar-refractivity contribution in [3.63, 3.8) is 0 Å². The maximum absolute atomic E-state index is 11.2. The minimum atomic E-state index is -0.577. The first-order valence-electron chi connectivity index (χ1n) is 8.31. The van der Waals surface area contributed by atoms with Gasteiger partial charge in [-0.15, -0.1) is 0 Å². The maximum Gasteiger partial charge on any atom is 0.0727 e. The lowest BCUT2D eigenvalue weighted by atomic mass is 9.70. The minimum absolute atomic E-state index is 0.221. The summed E-state index contributed by atoms with van der Waals surface area (Å²) in [6.45, 7) is 6.10. The van der Waals surface area contributed by atoms with E-state index in [-0.39, 0.29) is 5.92 Å². The largest absolute Gasteiger partial charge is 0.389 e. The Balaban J connectivity index is 1.66. The molecule has 0 saturated carbocycles. The topological polar surface area (TPSA) is 45.6 Å². The number of pyridine rings is 1. The molecule has 128 valence electrons. The van der Waals surface area contributed by atoms with Crippen LogP contribution in [0.5, 0.6) is 0 Å². The third kappa shape index (κ3) is 3.67. The Morgan fingerprint density at radius 2 is 1.96 bits per heavy atom. The number of nitrogens with zero attached hydrogens (tertiary/aromatic N) is 2. The second kappa shape index (κ2) is 7.24. The second-order valence-electron chi connectivity index (χ2n) is 6.85. The van der Waals surface area contributed by atoms with Gasteiger partial charge in [0.1, 0.15) is 0 Å². The van der Waals surface area contributed by atoms with Crippen LogP contribution in [0, 0.1) is 11.8 Å². The third-order valence-electron chi connectivity index (χ3n) is 5.48. The molecule has 0 aromatic carbocycles. The van der Waals surface area contributed by atoms with Gasteiger partial charge in [-0.1, -0.05) is 30.1 Å². The molecule has 6 heteroatoms. The van der Waals surface area contributed by atoms with Crippen molar-refractivity contribution in [1.82, 2.24) is 9.88 Å². The number of piperidine rings is 1. The van der Waals surface area contributed by atoms with Crippen LogP contribution in [0.2, 0.25) is 10.0 Å². The Morgan fingerprint density at radius 3 is 2.57 bits per heavy atom. The number of aliphatic hydroxyl groups is 1. The highest BCUT2D eigenvalue weighted by atomic mass is 35.5. The van der Waals surface area contributed by atoms with E-state index < -0.39 is 5.60 Å². The highest BCUT2D eigenvalue weighted by Crippen LogP contribution is 2.40. The Hall–Kier alpha value is -0.390.